The molecular formula is C17H17Cl2N3O3S. The molecule has 2 aromatic carbocycles. The molecule has 0 bridgehead atoms. The molecule has 0 saturated carbocycles. The van der Waals surface area contributed by atoms with Crippen molar-refractivity contribution in [1.82, 2.24) is 5.43 Å². The van der Waals surface area contributed by atoms with Crippen LogP contribution in [0.3, 0.4) is 0 Å². The molecule has 0 aliphatic heterocycles. The second-order valence-corrected chi connectivity index (χ2v) is 8.24. The van der Waals surface area contributed by atoms with E-state index in [0.717, 1.165) is 16.1 Å². The summed E-state index contributed by atoms with van der Waals surface area (Å²) in [6, 6.07) is 11.7. The van der Waals surface area contributed by atoms with E-state index in [9.17, 15) is 13.2 Å². The summed E-state index contributed by atoms with van der Waals surface area (Å²) in [6.45, 7) is 1.37. The lowest BCUT2D eigenvalue weighted by Crippen LogP contribution is -2.39. The zero-order valence-corrected chi connectivity index (χ0v) is 16.4. The highest BCUT2D eigenvalue weighted by molar-refractivity contribution is 7.92. The summed E-state index contributed by atoms with van der Waals surface area (Å²) in [6.07, 6.45) is 2.40. The molecule has 0 radical (unpaired) electrons. The normalized spacial score (nSPS) is 11.5. The summed E-state index contributed by atoms with van der Waals surface area (Å²) in [7, 11) is -3.69. The monoisotopic (exact) mass is 413 g/mol. The Balaban J connectivity index is 2.12. The van der Waals surface area contributed by atoms with Gasteiger partial charge in [-0.25, -0.2) is 13.8 Å². The zero-order valence-electron chi connectivity index (χ0n) is 14.1. The van der Waals surface area contributed by atoms with E-state index in [1.54, 1.807) is 43.3 Å². The number of rotatable bonds is 6. The van der Waals surface area contributed by atoms with Crippen molar-refractivity contribution in [2.75, 3.05) is 17.1 Å². The zero-order chi connectivity index (χ0) is 19.3. The minimum Gasteiger partial charge on any atom is -0.271 e. The number of anilines is 1. The summed E-state index contributed by atoms with van der Waals surface area (Å²) in [4.78, 5) is 12.1. The average molecular weight is 414 g/mol. The van der Waals surface area contributed by atoms with Crippen molar-refractivity contribution >= 4 is 51.0 Å². The standard InChI is InChI=1S/C17H17Cl2N3O3S/c1-12-7-8-14(9-16(12)19)22(26(2,24)25)11-17(23)21-20-10-13-5-3-4-6-15(13)18/h3-10H,11H2,1-2H3,(H,21,23)/b20-10-. The molecule has 0 atom stereocenters. The molecule has 2 rings (SSSR count). The van der Waals surface area contributed by atoms with Crippen LogP contribution in [0.15, 0.2) is 47.6 Å². The minimum absolute atomic E-state index is 0.299. The van der Waals surface area contributed by atoms with Crippen LogP contribution < -0.4 is 9.73 Å². The van der Waals surface area contributed by atoms with E-state index < -0.39 is 22.5 Å². The molecule has 6 nitrogen and oxygen atoms in total. The van der Waals surface area contributed by atoms with Gasteiger partial charge in [-0.15, -0.1) is 0 Å². The van der Waals surface area contributed by atoms with E-state index in [4.69, 9.17) is 23.2 Å². The lowest BCUT2D eigenvalue weighted by atomic mass is 10.2. The molecule has 1 amide bonds. The number of benzene rings is 2. The van der Waals surface area contributed by atoms with E-state index in [-0.39, 0.29) is 0 Å². The smallest absolute Gasteiger partial charge is 0.260 e. The number of sulfonamides is 1. The molecule has 0 aliphatic carbocycles. The summed E-state index contributed by atoms with van der Waals surface area (Å²) in [5, 5.41) is 4.70. The van der Waals surface area contributed by atoms with Crippen LogP contribution in [-0.4, -0.2) is 33.3 Å². The summed E-state index contributed by atoms with van der Waals surface area (Å²) in [5.41, 5.74) is 4.02. The molecule has 0 aliphatic rings. The molecule has 0 fully saturated rings. The number of amides is 1. The molecule has 1 N–H and O–H groups in total. The van der Waals surface area contributed by atoms with Crippen molar-refractivity contribution in [2.45, 2.75) is 6.92 Å². The van der Waals surface area contributed by atoms with Gasteiger partial charge < -0.3 is 0 Å². The maximum atomic E-state index is 12.1. The third kappa shape index (κ3) is 5.45. The molecule has 138 valence electrons. The van der Waals surface area contributed by atoms with Crippen molar-refractivity contribution in [3.63, 3.8) is 0 Å². The molecule has 26 heavy (non-hydrogen) atoms. The van der Waals surface area contributed by atoms with E-state index in [1.165, 1.54) is 12.3 Å². The Morgan fingerprint density at radius 1 is 1.19 bits per heavy atom. The highest BCUT2D eigenvalue weighted by Gasteiger charge is 2.21. The Kier molecular flexibility index (Phi) is 6.63. The van der Waals surface area contributed by atoms with Crippen LogP contribution in [-0.2, 0) is 14.8 Å². The molecule has 0 spiro atoms. The van der Waals surface area contributed by atoms with Crippen LogP contribution in [0, 0.1) is 6.92 Å². The van der Waals surface area contributed by atoms with Crippen molar-refractivity contribution in [3.8, 4) is 0 Å². The first kappa shape index (κ1) is 20.2. The molecule has 2 aromatic rings. The minimum atomic E-state index is -3.69. The van der Waals surface area contributed by atoms with E-state index in [1.807, 2.05) is 0 Å². The number of hydrogen-bond acceptors (Lipinski definition) is 4. The highest BCUT2D eigenvalue weighted by Crippen LogP contribution is 2.24. The predicted octanol–water partition coefficient (Wildman–Crippen LogP) is 3.22. The first-order valence-corrected chi connectivity index (χ1v) is 10.1. The number of halogens is 2. The van der Waals surface area contributed by atoms with Gasteiger partial charge in [0.2, 0.25) is 10.0 Å². The van der Waals surface area contributed by atoms with Gasteiger partial charge in [-0.05, 0) is 30.7 Å². The van der Waals surface area contributed by atoms with Crippen LogP contribution in [0.25, 0.3) is 0 Å². The van der Waals surface area contributed by atoms with Gasteiger partial charge in [0.1, 0.15) is 6.54 Å². The molecule has 9 heteroatoms. The summed E-state index contributed by atoms with van der Waals surface area (Å²) < 4.78 is 25.1. The van der Waals surface area contributed by atoms with Gasteiger partial charge in [0, 0.05) is 15.6 Å². The fraction of sp³-hybridized carbons (Fsp3) is 0.176. The lowest BCUT2D eigenvalue weighted by molar-refractivity contribution is -0.119. The molecular weight excluding hydrogens is 397 g/mol. The van der Waals surface area contributed by atoms with E-state index in [0.29, 0.717) is 21.3 Å². The Morgan fingerprint density at radius 2 is 1.88 bits per heavy atom. The fourth-order valence-electron chi connectivity index (χ4n) is 2.06. The quantitative estimate of drug-likeness (QED) is 0.583. The van der Waals surface area contributed by atoms with E-state index in [2.05, 4.69) is 10.5 Å². The van der Waals surface area contributed by atoms with Gasteiger partial charge in [0.25, 0.3) is 5.91 Å². The molecule has 0 saturated heterocycles. The van der Waals surface area contributed by atoms with Gasteiger partial charge in [0.15, 0.2) is 0 Å². The topological polar surface area (TPSA) is 78.8 Å². The van der Waals surface area contributed by atoms with Crippen molar-refractivity contribution in [2.24, 2.45) is 5.10 Å². The average Bonchev–Trinajstić information content (AvgIpc) is 2.56. The number of carbonyl (C=O) groups excluding carboxylic acids is 1. The SMILES string of the molecule is Cc1ccc(N(CC(=O)N/N=C\c2ccccc2Cl)S(C)(=O)=O)cc1Cl. The summed E-state index contributed by atoms with van der Waals surface area (Å²) >= 11 is 12.0. The largest absolute Gasteiger partial charge is 0.271 e. The third-order valence-corrected chi connectivity index (χ3v) is 5.32. The van der Waals surface area contributed by atoms with Crippen molar-refractivity contribution < 1.29 is 13.2 Å². The van der Waals surface area contributed by atoms with Gasteiger partial charge in [-0.2, -0.15) is 5.10 Å². The summed E-state index contributed by atoms with van der Waals surface area (Å²) in [5.74, 6) is -0.601. The first-order valence-electron chi connectivity index (χ1n) is 7.49. The first-order chi connectivity index (χ1) is 12.2. The van der Waals surface area contributed by atoms with E-state index >= 15 is 0 Å². The highest BCUT2D eigenvalue weighted by atomic mass is 35.5. The predicted molar refractivity (Wildman–Crippen MR) is 106 cm³/mol. The molecule has 0 unspecified atom stereocenters. The Bertz CT molecular complexity index is 946. The fourth-order valence-corrected chi connectivity index (χ4v) is 3.26. The number of nitrogens with one attached hydrogen (secondary N) is 1. The second kappa shape index (κ2) is 8.53. The number of hydrogen-bond donors (Lipinski definition) is 1. The van der Waals surface area contributed by atoms with Crippen LogP contribution >= 0.6 is 23.2 Å². The van der Waals surface area contributed by atoms with Gasteiger partial charge in [-0.1, -0.05) is 47.5 Å². The molecule has 0 heterocycles. The van der Waals surface area contributed by atoms with Gasteiger partial charge >= 0.3 is 0 Å². The maximum absolute atomic E-state index is 12.1. The van der Waals surface area contributed by atoms with Crippen LogP contribution in [0.1, 0.15) is 11.1 Å². The second-order valence-electron chi connectivity index (χ2n) is 5.52. The maximum Gasteiger partial charge on any atom is 0.260 e. The Morgan fingerprint density at radius 3 is 2.50 bits per heavy atom. The number of carbonyl (C=O) groups is 1. The Hall–Kier alpha value is -2.09. The number of aryl methyl sites for hydroxylation is 1. The van der Waals surface area contributed by atoms with Gasteiger partial charge in [-0.3, -0.25) is 9.10 Å². The van der Waals surface area contributed by atoms with Gasteiger partial charge in [0.05, 0.1) is 18.2 Å². The molecule has 0 aromatic heterocycles. The van der Waals surface area contributed by atoms with Crippen LogP contribution in [0.4, 0.5) is 5.69 Å². The number of hydrazone groups is 1. The van der Waals surface area contributed by atoms with Crippen molar-refractivity contribution in [3.05, 3.63) is 63.6 Å². The third-order valence-electron chi connectivity index (χ3n) is 3.43. The van der Waals surface area contributed by atoms with Crippen LogP contribution in [0.5, 0.6) is 0 Å². The lowest BCUT2D eigenvalue weighted by Gasteiger charge is -2.21. The van der Waals surface area contributed by atoms with Crippen LogP contribution in [0.2, 0.25) is 10.0 Å². The Labute approximate surface area is 162 Å². The number of nitrogens with zero attached hydrogens (tertiary/aromatic N) is 2. The van der Waals surface area contributed by atoms with Crippen molar-refractivity contribution in [1.29, 1.82) is 0 Å².